The van der Waals surface area contributed by atoms with E-state index in [9.17, 15) is 8.78 Å². The van der Waals surface area contributed by atoms with Crippen molar-refractivity contribution in [1.29, 1.82) is 0 Å². The average Bonchev–Trinajstić information content (AvgIpc) is 2.34. The minimum absolute atomic E-state index is 0.117. The van der Waals surface area contributed by atoms with Crippen LogP contribution in [0.5, 0.6) is 0 Å². The van der Waals surface area contributed by atoms with Gasteiger partial charge in [-0.15, -0.1) is 0 Å². The van der Waals surface area contributed by atoms with Crippen LogP contribution in [0.1, 0.15) is 39.0 Å². The van der Waals surface area contributed by atoms with E-state index in [0.717, 1.165) is 37.8 Å². The fraction of sp³-hybridized carbons (Fsp3) is 0.571. The van der Waals surface area contributed by atoms with E-state index in [0.29, 0.717) is 5.92 Å². The van der Waals surface area contributed by atoms with Crippen LogP contribution in [0, 0.1) is 17.6 Å². The lowest BCUT2D eigenvalue weighted by Gasteiger charge is -2.30. The summed E-state index contributed by atoms with van der Waals surface area (Å²) in [6.07, 6.45) is 5.59. The monoisotopic (exact) mass is 273 g/mol. The van der Waals surface area contributed by atoms with Crippen LogP contribution in [0.3, 0.4) is 0 Å². The zero-order valence-electron chi connectivity index (χ0n) is 10.5. The maximum atomic E-state index is 13.7. The van der Waals surface area contributed by atoms with Crippen LogP contribution in [0.4, 0.5) is 14.5 Å². The number of halogens is 3. The van der Waals surface area contributed by atoms with E-state index in [-0.39, 0.29) is 16.8 Å². The number of hydrogen-bond donors (Lipinski definition) is 1. The van der Waals surface area contributed by atoms with Gasteiger partial charge in [0.1, 0.15) is 5.82 Å². The normalized spacial score (nSPS) is 24.0. The van der Waals surface area contributed by atoms with Crippen molar-refractivity contribution in [2.45, 2.75) is 45.1 Å². The molecule has 100 valence electrons. The van der Waals surface area contributed by atoms with Crippen molar-refractivity contribution in [3.05, 3.63) is 28.8 Å². The summed E-state index contributed by atoms with van der Waals surface area (Å²) in [7, 11) is 0. The molecule has 2 unspecified atom stereocenters. The van der Waals surface area contributed by atoms with E-state index in [4.69, 9.17) is 11.6 Å². The van der Waals surface area contributed by atoms with Gasteiger partial charge in [-0.2, -0.15) is 0 Å². The van der Waals surface area contributed by atoms with Gasteiger partial charge in [0, 0.05) is 12.1 Å². The van der Waals surface area contributed by atoms with Gasteiger partial charge in [0.05, 0.1) is 10.7 Å². The summed E-state index contributed by atoms with van der Waals surface area (Å²) in [6.45, 7) is 2.18. The van der Waals surface area contributed by atoms with Gasteiger partial charge in [-0.3, -0.25) is 0 Å². The Morgan fingerprint density at radius 2 is 2.11 bits per heavy atom. The Kier molecular flexibility index (Phi) is 4.44. The molecule has 1 aliphatic rings. The maximum absolute atomic E-state index is 13.7. The fourth-order valence-corrected chi connectivity index (χ4v) is 2.93. The molecule has 1 aromatic carbocycles. The molecule has 0 bridgehead atoms. The zero-order valence-corrected chi connectivity index (χ0v) is 11.2. The van der Waals surface area contributed by atoms with Gasteiger partial charge in [0.25, 0.3) is 0 Å². The SMILES string of the molecule is CCC1CCCC(Nc2c(F)cc(F)cc2Cl)C1. The highest BCUT2D eigenvalue weighted by molar-refractivity contribution is 6.33. The van der Waals surface area contributed by atoms with Crippen molar-refractivity contribution < 1.29 is 8.78 Å². The molecule has 0 heterocycles. The van der Waals surface area contributed by atoms with Crippen LogP contribution < -0.4 is 5.32 Å². The molecule has 1 aromatic rings. The molecule has 1 aliphatic carbocycles. The largest absolute Gasteiger partial charge is 0.379 e. The molecule has 0 saturated heterocycles. The highest BCUT2D eigenvalue weighted by Gasteiger charge is 2.22. The summed E-state index contributed by atoms with van der Waals surface area (Å²) in [5, 5.41) is 3.25. The third kappa shape index (κ3) is 3.14. The molecule has 4 heteroatoms. The lowest BCUT2D eigenvalue weighted by molar-refractivity contribution is 0.327. The second kappa shape index (κ2) is 5.87. The van der Waals surface area contributed by atoms with Gasteiger partial charge in [-0.25, -0.2) is 8.78 Å². The molecule has 2 rings (SSSR count). The summed E-state index contributed by atoms with van der Waals surface area (Å²) >= 11 is 5.88. The van der Waals surface area contributed by atoms with Crippen LogP contribution in [-0.4, -0.2) is 6.04 Å². The Balaban J connectivity index is 2.09. The second-order valence-corrected chi connectivity index (χ2v) is 5.43. The first-order chi connectivity index (χ1) is 8.60. The van der Waals surface area contributed by atoms with E-state index in [1.165, 1.54) is 6.42 Å². The Morgan fingerprint density at radius 1 is 1.33 bits per heavy atom. The summed E-state index contributed by atoms with van der Waals surface area (Å²) in [5.41, 5.74) is 0.236. The number of benzene rings is 1. The van der Waals surface area contributed by atoms with Gasteiger partial charge in [-0.05, 0) is 24.8 Å². The molecule has 1 fully saturated rings. The first-order valence-electron chi connectivity index (χ1n) is 6.51. The molecule has 18 heavy (non-hydrogen) atoms. The van der Waals surface area contributed by atoms with E-state index in [1.54, 1.807) is 0 Å². The zero-order chi connectivity index (χ0) is 13.1. The van der Waals surface area contributed by atoms with Crippen LogP contribution >= 0.6 is 11.6 Å². The lowest BCUT2D eigenvalue weighted by atomic mass is 9.84. The minimum Gasteiger partial charge on any atom is -0.379 e. The summed E-state index contributed by atoms with van der Waals surface area (Å²) in [4.78, 5) is 0. The predicted molar refractivity (Wildman–Crippen MR) is 71.0 cm³/mol. The maximum Gasteiger partial charge on any atom is 0.150 e. The van der Waals surface area contributed by atoms with E-state index in [2.05, 4.69) is 12.2 Å². The van der Waals surface area contributed by atoms with E-state index in [1.807, 2.05) is 0 Å². The van der Waals surface area contributed by atoms with Crippen molar-refractivity contribution in [2.75, 3.05) is 5.32 Å². The first kappa shape index (κ1) is 13.6. The highest BCUT2D eigenvalue weighted by Crippen LogP contribution is 2.32. The van der Waals surface area contributed by atoms with Gasteiger partial charge in [0.2, 0.25) is 0 Å². The molecule has 0 spiro atoms. The fourth-order valence-electron chi connectivity index (χ4n) is 2.68. The number of anilines is 1. The Hall–Kier alpha value is -0.830. The number of rotatable bonds is 3. The Labute approximate surface area is 112 Å². The van der Waals surface area contributed by atoms with Crippen molar-refractivity contribution in [2.24, 2.45) is 5.92 Å². The number of hydrogen-bond acceptors (Lipinski definition) is 1. The van der Waals surface area contributed by atoms with Crippen molar-refractivity contribution in [3.8, 4) is 0 Å². The van der Waals surface area contributed by atoms with Gasteiger partial charge >= 0.3 is 0 Å². The molecule has 0 radical (unpaired) electrons. The lowest BCUT2D eigenvalue weighted by Crippen LogP contribution is -2.27. The standard InChI is InChI=1S/C14H18ClF2N/c1-2-9-4-3-5-11(6-9)18-14-12(15)7-10(16)8-13(14)17/h7-9,11,18H,2-6H2,1H3. The topological polar surface area (TPSA) is 12.0 Å². The molecule has 2 atom stereocenters. The van der Waals surface area contributed by atoms with E-state index >= 15 is 0 Å². The molecular formula is C14H18ClF2N. The van der Waals surface area contributed by atoms with Gasteiger partial charge < -0.3 is 5.32 Å². The molecule has 1 nitrogen and oxygen atoms in total. The third-order valence-corrected chi connectivity index (χ3v) is 4.01. The molecule has 1 saturated carbocycles. The van der Waals surface area contributed by atoms with Crippen LogP contribution in [0.2, 0.25) is 5.02 Å². The van der Waals surface area contributed by atoms with Crippen LogP contribution in [0.25, 0.3) is 0 Å². The van der Waals surface area contributed by atoms with Crippen molar-refractivity contribution >= 4 is 17.3 Å². The molecule has 1 N–H and O–H groups in total. The smallest absolute Gasteiger partial charge is 0.150 e. The first-order valence-corrected chi connectivity index (χ1v) is 6.89. The summed E-state index contributed by atoms with van der Waals surface area (Å²) in [5.74, 6) is -0.560. The minimum atomic E-state index is -0.641. The summed E-state index contributed by atoms with van der Waals surface area (Å²) < 4.78 is 26.6. The highest BCUT2D eigenvalue weighted by atomic mass is 35.5. The van der Waals surface area contributed by atoms with E-state index < -0.39 is 11.6 Å². The number of nitrogens with one attached hydrogen (secondary N) is 1. The Bertz CT molecular complexity index is 399. The van der Waals surface area contributed by atoms with Crippen LogP contribution in [0.15, 0.2) is 12.1 Å². The molecule has 0 aliphatic heterocycles. The van der Waals surface area contributed by atoms with Gasteiger partial charge in [-0.1, -0.05) is 37.8 Å². The van der Waals surface area contributed by atoms with Crippen molar-refractivity contribution in [1.82, 2.24) is 0 Å². The van der Waals surface area contributed by atoms with Crippen LogP contribution in [-0.2, 0) is 0 Å². The summed E-state index contributed by atoms with van der Waals surface area (Å²) in [6, 6.07) is 2.25. The third-order valence-electron chi connectivity index (χ3n) is 3.72. The average molecular weight is 274 g/mol. The Morgan fingerprint density at radius 3 is 2.78 bits per heavy atom. The second-order valence-electron chi connectivity index (χ2n) is 5.03. The predicted octanol–water partition coefficient (Wildman–Crippen LogP) is 5.00. The molecule has 0 aromatic heterocycles. The quantitative estimate of drug-likeness (QED) is 0.817. The van der Waals surface area contributed by atoms with Crippen molar-refractivity contribution in [3.63, 3.8) is 0 Å². The molecule has 0 amide bonds. The van der Waals surface area contributed by atoms with Gasteiger partial charge in [0.15, 0.2) is 5.82 Å². The molecular weight excluding hydrogens is 256 g/mol.